The van der Waals surface area contributed by atoms with Gasteiger partial charge in [0, 0.05) is 18.3 Å². The summed E-state index contributed by atoms with van der Waals surface area (Å²) >= 11 is 0. The fourth-order valence-corrected chi connectivity index (χ4v) is 3.12. The van der Waals surface area contributed by atoms with Crippen molar-refractivity contribution < 1.29 is 14.7 Å². The van der Waals surface area contributed by atoms with Gasteiger partial charge in [0.1, 0.15) is 0 Å². The Balaban J connectivity index is 1.80. The highest BCUT2D eigenvalue weighted by atomic mass is 16.4. The molecule has 132 valence electrons. The predicted molar refractivity (Wildman–Crippen MR) is 94.2 cm³/mol. The Hall–Kier alpha value is -1.92. The van der Waals surface area contributed by atoms with Crippen molar-refractivity contribution in [2.24, 2.45) is 0 Å². The number of nitrogens with zero attached hydrogens (tertiary/aromatic N) is 2. The zero-order valence-corrected chi connectivity index (χ0v) is 14.5. The molecule has 0 aromatic heterocycles. The molecule has 1 aliphatic heterocycles. The van der Waals surface area contributed by atoms with Crippen LogP contribution in [0.15, 0.2) is 24.3 Å². The normalized spacial score (nSPS) is 19.0. The lowest BCUT2D eigenvalue weighted by Crippen LogP contribution is -2.37. The number of likely N-dealkylation sites (N-methyl/N-ethyl adjacent to an activating group) is 1. The van der Waals surface area contributed by atoms with Gasteiger partial charge in [0.2, 0.25) is 5.91 Å². The standard InChI is InChI=1S/C18H27N3O3/c1-14-5-7-15(8-6-14)19-17(22)12-21-10-3-4-16(9-11-21)20(2)13-18(23)24/h5-8,16H,3-4,9-13H2,1-2H3,(H,19,22)(H,23,24). The third kappa shape index (κ3) is 5.94. The monoisotopic (exact) mass is 333 g/mol. The first-order valence-corrected chi connectivity index (χ1v) is 8.45. The Bertz CT molecular complexity index is 559. The van der Waals surface area contributed by atoms with Crippen LogP contribution in [0.2, 0.25) is 0 Å². The maximum absolute atomic E-state index is 12.2. The van der Waals surface area contributed by atoms with Crippen molar-refractivity contribution in [1.29, 1.82) is 0 Å². The lowest BCUT2D eigenvalue weighted by atomic mass is 10.1. The summed E-state index contributed by atoms with van der Waals surface area (Å²) < 4.78 is 0. The number of amides is 1. The summed E-state index contributed by atoms with van der Waals surface area (Å²) in [4.78, 5) is 27.1. The van der Waals surface area contributed by atoms with Crippen LogP contribution in [-0.2, 0) is 9.59 Å². The van der Waals surface area contributed by atoms with Crippen molar-refractivity contribution in [3.63, 3.8) is 0 Å². The van der Waals surface area contributed by atoms with Crippen LogP contribution in [-0.4, -0.2) is 66.1 Å². The van der Waals surface area contributed by atoms with Crippen molar-refractivity contribution in [2.45, 2.75) is 32.2 Å². The van der Waals surface area contributed by atoms with Gasteiger partial charge in [-0.2, -0.15) is 0 Å². The summed E-state index contributed by atoms with van der Waals surface area (Å²) in [7, 11) is 1.86. The molecule has 0 saturated carbocycles. The first kappa shape index (κ1) is 18.4. The maximum Gasteiger partial charge on any atom is 0.317 e. The highest BCUT2D eigenvalue weighted by Crippen LogP contribution is 2.16. The largest absolute Gasteiger partial charge is 0.480 e. The number of carbonyl (C=O) groups is 2. The van der Waals surface area contributed by atoms with E-state index in [-0.39, 0.29) is 18.5 Å². The van der Waals surface area contributed by atoms with Gasteiger partial charge in [-0.15, -0.1) is 0 Å². The van der Waals surface area contributed by atoms with Gasteiger partial charge in [0.25, 0.3) is 0 Å². The van der Waals surface area contributed by atoms with Gasteiger partial charge in [0.05, 0.1) is 13.1 Å². The average molecular weight is 333 g/mol. The fourth-order valence-electron chi connectivity index (χ4n) is 3.12. The van der Waals surface area contributed by atoms with Crippen LogP contribution in [0.1, 0.15) is 24.8 Å². The van der Waals surface area contributed by atoms with E-state index >= 15 is 0 Å². The van der Waals surface area contributed by atoms with E-state index in [4.69, 9.17) is 5.11 Å². The van der Waals surface area contributed by atoms with Gasteiger partial charge >= 0.3 is 5.97 Å². The molecule has 1 aromatic rings. The summed E-state index contributed by atoms with van der Waals surface area (Å²) in [5, 5.41) is 11.8. The summed E-state index contributed by atoms with van der Waals surface area (Å²) in [6, 6.07) is 8.04. The number of nitrogens with one attached hydrogen (secondary N) is 1. The molecule has 1 aliphatic rings. The van der Waals surface area contributed by atoms with Crippen LogP contribution in [0.3, 0.4) is 0 Å². The fraction of sp³-hybridized carbons (Fsp3) is 0.556. The Morgan fingerprint density at radius 2 is 1.96 bits per heavy atom. The number of benzene rings is 1. The minimum Gasteiger partial charge on any atom is -0.480 e. The molecule has 1 heterocycles. The zero-order chi connectivity index (χ0) is 17.5. The van der Waals surface area contributed by atoms with Gasteiger partial charge in [0.15, 0.2) is 0 Å². The summed E-state index contributed by atoms with van der Waals surface area (Å²) in [5.74, 6) is -0.799. The number of likely N-dealkylation sites (tertiary alicyclic amines) is 1. The number of anilines is 1. The summed E-state index contributed by atoms with van der Waals surface area (Å²) in [6.45, 7) is 4.15. The van der Waals surface area contributed by atoms with Crippen molar-refractivity contribution in [3.8, 4) is 0 Å². The Kier molecular flexibility index (Phi) is 6.75. The van der Waals surface area contributed by atoms with Crippen LogP contribution < -0.4 is 5.32 Å². The smallest absolute Gasteiger partial charge is 0.317 e. The molecule has 1 aromatic carbocycles. The van der Waals surface area contributed by atoms with E-state index in [1.807, 2.05) is 43.1 Å². The molecule has 1 amide bonds. The molecule has 24 heavy (non-hydrogen) atoms. The molecule has 1 unspecified atom stereocenters. The van der Waals surface area contributed by atoms with Crippen molar-refractivity contribution >= 4 is 17.6 Å². The third-order valence-corrected chi connectivity index (χ3v) is 4.50. The summed E-state index contributed by atoms with van der Waals surface area (Å²) in [5.41, 5.74) is 1.98. The summed E-state index contributed by atoms with van der Waals surface area (Å²) in [6.07, 6.45) is 2.84. The number of carboxylic acids is 1. The molecule has 6 nitrogen and oxygen atoms in total. The van der Waals surface area contributed by atoms with E-state index in [1.165, 1.54) is 0 Å². The first-order chi connectivity index (χ1) is 11.4. The zero-order valence-electron chi connectivity index (χ0n) is 14.5. The van der Waals surface area contributed by atoms with Crippen LogP contribution in [0, 0.1) is 6.92 Å². The van der Waals surface area contributed by atoms with E-state index in [0.717, 1.165) is 43.6 Å². The van der Waals surface area contributed by atoms with Gasteiger partial charge in [-0.25, -0.2) is 0 Å². The maximum atomic E-state index is 12.2. The third-order valence-electron chi connectivity index (χ3n) is 4.50. The topological polar surface area (TPSA) is 72.9 Å². The lowest BCUT2D eigenvalue weighted by Gasteiger charge is -2.25. The van der Waals surface area contributed by atoms with Crippen LogP contribution >= 0.6 is 0 Å². The minimum atomic E-state index is -0.795. The van der Waals surface area contributed by atoms with Gasteiger partial charge in [-0.05, 0) is 51.9 Å². The molecule has 2 rings (SSSR count). The molecule has 0 bridgehead atoms. The number of hydrogen-bond acceptors (Lipinski definition) is 4. The second-order valence-electron chi connectivity index (χ2n) is 6.58. The van der Waals surface area contributed by atoms with Gasteiger partial charge < -0.3 is 10.4 Å². The van der Waals surface area contributed by atoms with E-state index in [2.05, 4.69) is 10.2 Å². The number of hydrogen-bond donors (Lipinski definition) is 2. The number of aryl methyl sites for hydroxylation is 1. The minimum absolute atomic E-state index is 0.00352. The molecular weight excluding hydrogens is 306 g/mol. The van der Waals surface area contributed by atoms with Crippen molar-refractivity contribution in [1.82, 2.24) is 9.80 Å². The van der Waals surface area contributed by atoms with Crippen LogP contribution in [0.5, 0.6) is 0 Å². The average Bonchev–Trinajstić information content (AvgIpc) is 2.74. The van der Waals surface area contributed by atoms with Crippen LogP contribution in [0.4, 0.5) is 5.69 Å². The molecule has 1 atom stereocenters. The highest BCUT2D eigenvalue weighted by Gasteiger charge is 2.22. The SMILES string of the molecule is Cc1ccc(NC(=O)CN2CCCC(N(C)CC(=O)O)CC2)cc1. The number of rotatable bonds is 6. The van der Waals surface area contributed by atoms with E-state index in [0.29, 0.717) is 6.54 Å². The molecule has 2 N–H and O–H groups in total. The molecule has 6 heteroatoms. The number of carbonyl (C=O) groups excluding carboxylic acids is 1. The molecule has 0 aliphatic carbocycles. The van der Waals surface area contributed by atoms with Crippen molar-refractivity contribution in [2.75, 3.05) is 38.5 Å². The second-order valence-corrected chi connectivity index (χ2v) is 6.58. The van der Waals surface area contributed by atoms with Crippen molar-refractivity contribution in [3.05, 3.63) is 29.8 Å². The van der Waals surface area contributed by atoms with Gasteiger partial charge in [-0.1, -0.05) is 17.7 Å². The Morgan fingerprint density at radius 3 is 2.62 bits per heavy atom. The first-order valence-electron chi connectivity index (χ1n) is 8.45. The molecule has 1 fully saturated rings. The molecule has 1 saturated heterocycles. The Morgan fingerprint density at radius 1 is 1.25 bits per heavy atom. The van der Waals surface area contributed by atoms with Crippen LogP contribution in [0.25, 0.3) is 0 Å². The van der Waals surface area contributed by atoms with E-state index < -0.39 is 5.97 Å². The molecule has 0 radical (unpaired) electrons. The number of aliphatic carboxylic acids is 1. The molecular formula is C18H27N3O3. The second kappa shape index (κ2) is 8.80. The Labute approximate surface area is 143 Å². The highest BCUT2D eigenvalue weighted by molar-refractivity contribution is 5.92. The van der Waals surface area contributed by atoms with E-state index in [9.17, 15) is 9.59 Å². The number of carboxylic acid groups (broad SMARTS) is 1. The van der Waals surface area contributed by atoms with Gasteiger partial charge in [-0.3, -0.25) is 19.4 Å². The lowest BCUT2D eigenvalue weighted by molar-refractivity contribution is -0.138. The predicted octanol–water partition coefficient (Wildman–Crippen LogP) is 1.80. The quantitative estimate of drug-likeness (QED) is 0.830. The van der Waals surface area contributed by atoms with E-state index in [1.54, 1.807) is 0 Å². The molecule has 0 spiro atoms.